The Bertz CT molecular complexity index is 1900. The van der Waals surface area contributed by atoms with Crippen LogP contribution in [0.1, 0.15) is 35.7 Å². The molecule has 2 aromatic heterocycles. The molecule has 0 radical (unpaired) electrons. The van der Waals surface area contributed by atoms with E-state index in [9.17, 15) is 27.0 Å². The van der Waals surface area contributed by atoms with Crippen LogP contribution in [0.2, 0.25) is 0 Å². The fraction of sp³-hybridized carbons (Fsp3) is 0.286. The first-order valence-corrected chi connectivity index (χ1v) is 15.9. The van der Waals surface area contributed by atoms with Gasteiger partial charge < -0.3 is 18.9 Å². The van der Waals surface area contributed by atoms with E-state index in [1.54, 1.807) is 36.6 Å². The van der Waals surface area contributed by atoms with Crippen LogP contribution in [-0.2, 0) is 21.4 Å². The Kier molecular flexibility index (Phi) is 7.05. The molecule has 2 aromatic carbocycles. The van der Waals surface area contributed by atoms with Gasteiger partial charge in [-0.15, -0.1) is 0 Å². The molecule has 12 heteroatoms. The summed E-state index contributed by atoms with van der Waals surface area (Å²) >= 11 is -1.89. The third-order valence-electron chi connectivity index (χ3n) is 6.91. The third kappa shape index (κ3) is 4.91. The standard InChI is InChI=1S/C28H28FN3O6S2/c1-15-9-12-22(21(29)13-15)30-25-16(2)28(34)38-26-23(17(3)31(19-10-11-19)27(33)24(25)26)18-7-6-8-20(14-18)32(39(4)35)40(5,36)37/h6-9,12-14,19,30H,10-11H2,1-5H3. The number of rotatable bonds is 7. The molecule has 5 rings (SSSR count). The van der Waals surface area contributed by atoms with Gasteiger partial charge in [-0.3, -0.25) is 4.79 Å². The summed E-state index contributed by atoms with van der Waals surface area (Å²) in [4.78, 5) is 27.0. The number of benzene rings is 2. The molecule has 210 valence electrons. The average molecular weight is 586 g/mol. The Morgan fingerprint density at radius 1 is 1.12 bits per heavy atom. The summed E-state index contributed by atoms with van der Waals surface area (Å²) in [5, 5.41) is 3.04. The molecule has 9 nitrogen and oxygen atoms in total. The molecule has 0 bridgehead atoms. The van der Waals surface area contributed by atoms with Crippen LogP contribution >= 0.6 is 0 Å². The number of aryl methyl sites for hydroxylation is 1. The molecular weight excluding hydrogens is 557 g/mol. The molecule has 1 saturated carbocycles. The molecule has 1 unspecified atom stereocenters. The van der Waals surface area contributed by atoms with Gasteiger partial charge in [0.2, 0.25) is 0 Å². The van der Waals surface area contributed by atoms with Crippen molar-refractivity contribution in [2.45, 2.75) is 39.7 Å². The van der Waals surface area contributed by atoms with E-state index in [0.29, 0.717) is 22.4 Å². The number of hydrogen-bond acceptors (Lipinski definition) is 7. The number of fused-ring (bicyclic) bond motifs is 1. The molecule has 2 heterocycles. The Morgan fingerprint density at radius 2 is 1.82 bits per heavy atom. The zero-order chi connectivity index (χ0) is 29.1. The van der Waals surface area contributed by atoms with Gasteiger partial charge in [0.1, 0.15) is 23.1 Å². The highest BCUT2D eigenvalue weighted by Gasteiger charge is 2.32. The summed E-state index contributed by atoms with van der Waals surface area (Å²) in [6.07, 6.45) is 3.78. The minimum absolute atomic E-state index is 0.00861. The number of halogens is 1. The molecular formula is C28H28FN3O6S2. The Hall–Kier alpha value is -3.61. The van der Waals surface area contributed by atoms with Gasteiger partial charge in [-0.05, 0) is 69.0 Å². The van der Waals surface area contributed by atoms with Crippen molar-refractivity contribution in [1.29, 1.82) is 0 Å². The van der Waals surface area contributed by atoms with Gasteiger partial charge in [-0.2, -0.15) is 0 Å². The second kappa shape index (κ2) is 10.1. The quantitative estimate of drug-likeness (QED) is 0.308. The molecule has 0 amide bonds. The third-order valence-corrected chi connectivity index (χ3v) is 9.85. The summed E-state index contributed by atoms with van der Waals surface area (Å²) in [7, 11) is -3.89. The number of hydrogen-bond donors (Lipinski definition) is 1. The Morgan fingerprint density at radius 3 is 2.42 bits per heavy atom. The number of aromatic nitrogens is 1. The lowest BCUT2D eigenvalue weighted by molar-refractivity contribution is 0.553. The van der Waals surface area contributed by atoms with Crippen molar-refractivity contribution in [2.24, 2.45) is 0 Å². The molecule has 0 aliphatic heterocycles. The lowest BCUT2D eigenvalue weighted by atomic mass is 9.99. The summed E-state index contributed by atoms with van der Waals surface area (Å²) in [5.41, 5.74) is 1.48. The van der Waals surface area contributed by atoms with Gasteiger partial charge in [0.25, 0.3) is 15.6 Å². The fourth-order valence-electron chi connectivity index (χ4n) is 4.99. The zero-order valence-electron chi connectivity index (χ0n) is 22.6. The predicted octanol–water partition coefficient (Wildman–Crippen LogP) is 4.82. The van der Waals surface area contributed by atoms with E-state index in [0.717, 1.165) is 22.8 Å². The Labute approximate surface area is 233 Å². The molecule has 4 aromatic rings. The summed E-state index contributed by atoms with van der Waals surface area (Å²) < 4.78 is 60.3. The SMILES string of the molecule is Cc1ccc(Nc2c(C)c(=O)oc3c(-c4cccc(N([S+](C)[O-])S(C)(=O)=O)c4)c(C)n(C4CC4)c(=O)c23)c(F)c1. The molecule has 1 aliphatic carbocycles. The average Bonchev–Trinajstić information content (AvgIpc) is 3.68. The maximum absolute atomic E-state index is 14.9. The van der Waals surface area contributed by atoms with E-state index < -0.39 is 32.8 Å². The zero-order valence-corrected chi connectivity index (χ0v) is 24.2. The van der Waals surface area contributed by atoms with Gasteiger partial charge in [-0.25, -0.2) is 17.6 Å². The molecule has 0 saturated heterocycles. The fourth-order valence-corrected chi connectivity index (χ4v) is 7.42. The largest absolute Gasteiger partial charge is 0.592 e. The molecule has 0 spiro atoms. The lowest BCUT2D eigenvalue weighted by Gasteiger charge is -2.22. The van der Waals surface area contributed by atoms with E-state index in [1.807, 2.05) is 0 Å². The van der Waals surface area contributed by atoms with Crippen molar-refractivity contribution in [2.75, 3.05) is 21.5 Å². The number of nitrogens with zero attached hydrogens (tertiary/aromatic N) is 2. The number of pyridine rings is 1. The van der Waals surface area contributed by atoms with Crippen LogP contribution in [0.3, 0.4) is 0 Å². The maximum Gasteiger partial charge on any atom is 0.341 e. The van der Waals surface area contributed by atoms with Crippen LogP contribution in [0.25, 0.3) is 22.1 Å². The van der Waals surface area contributed by atoms with Crippen molar-refractivity contribution in [1.82, 2.24) is 4.57 Å². The first kappa shape index (κ1) is 27.9. The first-order chi connectivity index (χ1) is 18.8. The van der Waals surface area contributed by atoms with Crippen molar-refractivity contribution in [3.8, 4) is 11.1 Å². The smallest absolute Gasteiger partial charge is 0.341 e. The summed E-state index contributed by atoms with van der Waals surface area (Å²) in [5.74, 6) is -0.545. The molecule has 1 fully saturated rings. The van der Waals surface area contributed by atoms with Crippen LogP contribution in [-0.4, -0.2) is 30.0 Å². The van der Waals surface area contributed by atoms with E-state index >= 15 is 0 Å². The monoisotopic (exact) mass is 585 g/mol. The van der Waals surface area contributed by atoms with Crippen LogP contribution in [0.15, 0.2) is 56.5 Å². The van der Waals surface area contributed by atoms with Crippen LogP contribution < -0.4 is 20.2 Å². The van der Waals surface area contributed by atoms with Crippen molar-refractivity contribution >= 4 is 49.4 Å². The van der Waals surface area contributed by atoms with Gasteiger partial charge in [0.05, 0.1) is 34.6 Å². The number of anilines is 3. The van der Waals surface area contributed by atoms with Gasteiger partial charge in [-0.1, -0.05) is 21.9 Å². The minimum Gasteiger partial charge on any atom is -0.592 e. The molecule has 40 heavy (non-hydrogen) atoms. The summed E-state index contributed by atoms with van der Waals surface area (Å²) in [6, 6.07) is 10.9. The van der Waals surface area contributed by atoms with Crippen LogP contribution in [0.5, 0.6) is 0 Å². The van der Waals surface area contributed by atoms with E-state index in [2.05, 4.69) is 5.32 Å². The van der Waals surface area contributed by atoms with E-state index in [-0.39, 0.29) is 45.2 Å². The highest BCUT2D eigenvalue weighted by Crippen LogP contribution is 2.41. The minimum atomic E-state index is -3.89. The van der Waals surface area contributed by atoms with Crippen molar-refractivity contribution in [3.63, 3.8) is 0 Å². The van der Waals surface area contributed by atoms with Crippen LogP contribution in [0.4, 0.5) is 21.5 Å². The number of nitrogens with one attached hydrogen (secondary N) is 1. The number of sulfonamides is 1. The first-order valence-electron chi connectivity index (χ1n) is 12.5. The highest BCUT2D eigenvalue weighted by atomic mass is 32.3. The maximum atomic E-state index is 14.9. The van der Waals surface area contributed by atoms with Crippen LogP contribution in [0, 0.1) is 26.6 Å². The van der Waals surface area contributed by atoms with E-state index in [4.69, 9.17) is 4.42 Å². The Balaban J connectivity index is 1.85. The lowest BCUT2D eigenvalue weighted by Crippen LogP contribution is -2.35. The molecule has 1 atom stereocenters. The second-order valence-corrected chi connectivity index (χ2v) is 13.3. The van der Waals surface area contributed by atoms with Gasteiger partial charge in [0.15, 0.2) is 5.58 Å². The molecule has 1 N–H and O–H groups in total. The van der Waals surface area contributed by atoms with Gasteiger partial charge >= 0.3 is 5.63 Å². The predicted molar refractivity (Wildman–Crippen MR) is 156 cm³/mol. The van der Waals surface area contributed by atoms with Gasteiger partial charge in [0, 0.05) is 17.3 Å². The van der Waals surface area contributed by atoms with Crippen molar-refractivity contribution in [3.05, 3.63) is 85.9 Å². The van der Waals surface area contributed by atoms with Crippen molar-refractivity contribution < 1.29 is 21.8 Å². The highest BCUT2D eigenvalue weighted by molar-refractivity contribution is 8.09. The molecule has 1 aliphatic rings. The second-order valence-electron chi connectivity index (χ2n) is 10.0. The van der Waals surface area contributed by atoms with E-state index in [1.165, 1.54) is 37.4 Å². The summed E-state index contributed by atoms with van der Waals surface area (Å²) in [6.45, 7) is 4.99. The normalized spacial score (nSPS) is 14.4. The topological polar surface area (TPSA) is 125 Å².